The molecule has 18 heavy (non-hydrogen) atoms. The smallest absolute Gasteiger partial charge is 0.240 e. The first kappa shape index (κ1) is 13.6. The summed E-state index contributed by atoms with van der Waals surface area (Å²) >= 11 is 1.75. The van der Waals surface area contributed by atoms with Crippen molar-refractivity contribution in [1.29, 1.82) is 0 Å². The lowest BCUT2D eigenvalue weighted by atomic mass is 9.82. The molecule has 4 heteroatoms. The van der Waals surface area contributed by atoms with Crippen molar-refractivity contribution in [3.8, 4) is 0 Å². The number of hydrogen-bond acceptors (Lipinski definition) is 3. The van der Waals surface area contributed by atoms with Crippen molar-refractivity contribution in [2.45, 2.75) is 58.0 Å². The molecule has 0 bridgehead atoms. The van der Waals surface area contributed by atoms with Crippen molar-refractivity contribution in [2.75, 3.05) is 0 Å². The number of amides is 1. The Hall–Kier alpha value is -0.870. The molecular formula is C14H22N2OS. The summed E-state index contributed by atoms with van der Waals surface area (Å²) in [4.78, 5) is 14.7. The second-order valence-corrected chi connectivity index (χ2v) is 6.69. The molecule has 1 aromatic rings. The van der Waals surface area contributed by atoms with Gasteiger partial charge in [0.25, 0.3) is 0 Å². The van der Waals surface area contributed by atoms with Crippen LogP contribution in [0, 0.1) is 13.8 Å². The third-order valence-electron chi connectivity index (χ3n) is 3.84. The molecule has 1 aliphatic carbocycles. The molecule has 1 saturated carbocycles. The van der Waals surface area contributed by atoms with Gasteiger partial charge in [0.05, 0.1) is 12.1 Å². The van der Waals surface area contributed by atoms with E-state index in [1.165, 1.54) is 21.7 Å². The van der Waals surface area contributed by atoms with Crippen LogP contribution in [0.5, 0.6) is 0 Å². The van der Waals surface area contributed by atoms with E-state index in [0.717, 1.165) is 25.7 Å². The molecular weight excluding hydrogens is 244 g/mol. The van der Waals surface area contributed by atoms with Gasteiger partial charge in [-0.2, -0.15) is 0 Å². The fourth-order valence-electron chi connectivity index (χ4n) is 2.49. The number of aryl methyl sites for hydroxylation is 2. The summed E-state index contributed by atoms with van der Waals surface area (Å²) in [5, 5.41) is 3.00. The molecule has 3 N–H and O–H groups in total. The summed E-state index contributed by atoms with van der Waals surface area (Å²) in [6.45, 7) is 4.82. The van der Waals surface area contributed by atoms with E-state index in [1.807, 2.05) is 0 Å². The van der Waals surface area contributed by atoms with E-state index < -0.39 is 5.54 Å². The van der Waals surface area contributed by atoms with E-state index >= 15 is 0 Å². The number of hydrogen-bond donors (Lipinski definition) is 2. The Morgan fingerprint density at radius 2 is 2.06 bits per heavy atom. The molecule has 0 atom stereocenters. The van der Waals surface area contributed by atoms with E-state index in [4.69, 9.17) is 5.73 Å². The van der Waals surface area contributed by atoms with Crippen molar-refractivity contribution in [3.63, 3.8) is 0 Å². The van der Waals surface area contributed by atoms with E-state index in [1.54, 1.807) is 11.3 Å². The van der Waals surface area contributed by atoms with Crippen molar-refractivity contribution < 1.29 is 4.79 Å². The minimum Gasteiger partial charge on any atom is -0.350 e. The first-order valence-electron chi connectivity index (χ1n) is 6.64. The molecule has 0 saturated heterocycles. The highest BCUT2D eigenvalue weighted by Gasteiger charge is 2.34. The van der Waals surface area contributed by atoms with Gasteiger partial charge < -0.3 is 11.1 Å². The second-order valence-electron chi connectivity index (χ2n) is 5.35. The summed E-state index contributed by atoms with van der Waals surface area (Å²) in [5.74, 6) is 0.0194. The molecule has 1 amide bonds. The van der Waals surface area contributed by atoms with E-state index in [0.29, 0.717) is 6.54 Å². The Balaban J connectivity index is 1.91. The van der Waals surface area contributed by atoms with Crippen LogP contribution in [0.3, 0.4) is 0 Å². The van der Waals surface area contributed by atoms with Crippen LogP contribution < -0.4 is 11.1 Å². The maximum absolute atomic E-state index is 12.2. The molecule has 1 heterocycles. The van der Waals surface area contributed by atoms with Crippen molar-refractivity contribution in [1.82, 2.24) is 5.32 Å². The first-order valence-corrected chi connectivity index (χ1v) is 7.46. The largest absolute Gasteiger partial charge is 0.350 e. The molecule has 1 aliphatic rings. The first-order chi connectivity index (χ1) is 8.51. The van der Waals surface area contributed by atoms with Gasteiger partial charge in [0.1, 0.15) is 0 Å². The average molecular weight is 266 g/mol. The second kappa shape index (κ2) is 5.41. The van der Waals surface area contributed by atoms with Gasteiger partial charge in [0.2, 0.25) is 5.91 Å². The number of nitrogens with two attached hydrogens (primary N) is 1. The predicted molar refractivity (Wildman–Crippen MR) is 75.6 cm³/mol. The summed E-state index contributed by atoms with van der Waals surface area (Å²) in [6.07, 6.45) is 4.99. The zero-order valence-corrected chi connectivity index (χ0v) is 12.0. The fraction of sp³-hybridized carbons (Fsp3) is 0.643. The lowest BCUT2D eigenvalue weighted by Gasteiger charge is -2.31. The Labute approximate surface area is 113 Å². The minimum absolute atomic E-state index is 0.0194. The van der Waals surface area contributed by atoms with Gasteiger partial charge in [-0.3, -0.25) is 4.79 Å². The summed E-state index contributed by atoms with van der Waals surface area (Å²) in [5.41, 5.74) is 6.86. The Kier molecular flexibility index (Phi) is 4.07. The normalized spacial score (nSPS) is 18.6. The summed E-state index contributed by atoms with van der Waals surface area (Å²) in [7, 11) is 0. The van der Waals surface area contributed by atoms with Crippen LogP contribution in [0.2, 0.25) is 0 Å². The number of carbonyl (C=O) groups excluding carboxylic acids is 1. The van der Waals surface area contributed by atoms with Crippen LogP contribution in [0.15, 0.2) is 6.07 Å². The highest BCUT2D eigenvalue weighted by Crippen LogP contribution is 2.26. The molecule has 0 unspecified atom stereocenters. The van der Waals surface area contributed by atoms with Gasteiger partial charge in [-0.1, -0.05) is 19.3 Å². The van der Waals surface area contributed by atoms with E-state index in [-0.39, 0.29) is 5.91 Å². The predicted octanol–water partition coefficient (Wildman–Crippen LogP) is 2.64. The van der Waals surface area contributed by atoms with Crippen LogP contribution in [0.1, 0.15) is 47.4 Å². The highest BCUT2D eigenvalue weighted by atomic mass is 32.1. The lowest BCUT2D eigenvalue weighted by molar-refractivity contribution is -0.127. The summed E-state index contributed by atoms with van der Waals surface area (Å²) in [6, 6.07) is 2.14. The van der Waals surface area contributed by atoms with Gasteiger partial charge in [-0.05, 0) is 38.3 Å². The van der Waals surface area contributed by atoms with Crippen molar-refractivity contribution >= 4 is 17.2 Å². The maximum atomic E-state index is 12.2. The summed E-state index contributed by atoms with van der Waals surface area (Å²) < 4.78 is 0. The number of rotatable bonds is 3. The molecule has 0 radical (unpaired) electrons. The Bertz CT molecular complexity index is 414. The van der Waals surface area contributed by atoms with Crippen LogP contribution in [0.4, 0.5) is 0 Å². The SMILES string of the molecule is Cc1cc(CNC(=O)C2(N)CCCCC2)sc1C. The van der Waals surface area contributed by atoms with Crippen LogP contribution in [-0.4, -0.2) is 11.4 Å². The number of carbonyl (C=O) groups is 1. The standard InChI is InChI=1S/C14H22N2OS/c1-10-8-12(18-11(10)2)9-16-13(17)14(15)6-4-3-5-7-14/h8H,3-7,9,15H2,1-2H3,(H,16,17). The van der Waals surface area contributed by atoms with Gasteiger partial charge >= 0.3 is 0 Å². The maximum Gasteiger partial charge on any atom is 0.240 e. The third-order valence-corrected chi connectivity index (χ3v) is 4.99. The monoisotopic (exact) mass is 266 g/mol. The topological polar surface area (TPSA) is 55.1 Å². The van der Waals surface area contributed by atoms with Crippen molar-refractivity contribution in [2.24, 2.45) is 5.73 Å². The molecule has 3 nitrogen and oxygen atoms in total. The van der Waals surface area contributed by atoms with Gasteiger partial charge in [-0.25, -0.2) is 0 Å². The fourth-order valence-corrected chi connectivity index (χ4v) is 3.48. The molecule has 0 aliphatic heterocycles. The minimum atomic E-state index is -0.625. The zero-order valence-electron chi connectivity index (χ0n) is 11.2. The molecule has 2 rings (SSSR count). The van der Waals surface area contributed by atoms with Crippen LogP contribution >= 0.6 is 11.3 Å². The van der Waals surface area contributed by atoms with Crippen LogP contribution in [0.25, 0.3) is 0 Å². The van der Waals surface area contributed by atoms with E-state index in [2.05, 4.69) is 25.2 Å². The molecule has 0 aromatic carbocycles. The zero-order chi connectivity index (χ0) is 13.2. The molecule has 1 aromatic heterocycles. The molecule has 1 fully saturated rings. The Morgan fingerprint density at radius 3 is 2.61 bits per heavy atom. The lowest BCUT2D eigenvalue weighted by Crippen LogP contribution is -2.54. The molecule has 0 spiro atoms. The quantitative estimate of drug-likeness (QED) is 0.883. The average Bonchev–Trinajstić information content (AvgIpc) is 2.67. The van der Waals surface area contributed by atoms with E-state index in [9.17, 15) is 4.79 Å². The van der Waals surface area contributed by atoms with Gasteiger partial charge in [0, 0.05) is 9.75 Å². The van der Waals surface area contributed by atoms with Crippen molar-refractivity contribution in [3.05, 3.63) is 21.4 Å². The van der Waals surface area contributed by atoms with Gasteiger partial charge in [0.15, 0.2) is 0 Å². The number of nitrogens with one attached hydrogen (secondary N) is 1. The highest BCUT2D eigenvalue weighted by molar-refractivity contribution is 7.12. The van der Waals surface area contributed by atoms with Gasteiger partial charge in [-0.15, -0.1) is 11.3 Å². The van der Waals surface area contributed by atoms with Crippen LogP contribution in [-0.2, 0) is 11.3 Å². The third kappa shape index (κ3) is 2.93. The number of thiophene rings is 1. The molecule has 100 valence electrons. The Morgan fingerprint density at radius 1 is 1.39 bits per heavy atom.